The molecule has 3 aromatic rings. The lowest BCUT2D eigenvalue weighted by molar-refractivity contribution is 0.0389. The number of rotatable bonds is 9. The van der Waals surface area contributed by atoms with Crippen molar-refractivity contribution in [3.8, 4) is 5.75 Å². The molecule has 1 heterocycles. The summed E-state index contributed by atoms with van der Waals surface area (Å²) in [7, 11) is -6.56. The van der Waals surface area contributed by atoms with Crippen molar-refractivity contribution in [1.82, 2.24) is 9.21 Å². The summed E-state index contributed by atoms with van der Waals surface area (Å²) in [5.74, 6) is -0.898. The standard InChI is InChI=1S/C29H34ClN3O7S2/c1-19-8-12-24(13-9-19)42(38,39)32(4)17-27-20(2)16-33(21(3)18-34)29(35)25-6-5-7-26(28(25)40-27)31-41(36,37)23-14-10-22(30)11-15-23/h5-15,20-21,27,31,34H,16-18H2,1-4H3/t20-,21+,27+/m1/s1. The molecule has 0 radical (unpaired) electrons. The van der Waals surface area contributed by atoms with Gasteiger partial charge >= 0.3 is 0 Å². The molecule has 4 rings (SSSR count). The fraction of sp³-hybridized carbons (Fsp3) is 0.345. The van der Waals surface area contributed by atoms with Gasteiger partial charge in [0.2, 0.25) is 10.0 Å². The van der Waals surface area contributed by atoms with Crippen LogP contribution in [0.4, 0.5) is 5.69 Å². The summed E-state index contributed by atoms with van der Waals surface area (Å²) in [6.07, 6.45) is -0.795. The van der Waals surface area contributed by atoms with Gasteiger partial charge < -0.3 is 14.7 Å². The minimum Gasteiger partial charge on any atom is -0.486 e. The van der Waals surface area contributed by atoms with Gasteiger partial charge in [-0.2, -0.15) is 4.31 Å². The van der Waals surface area contributed by atoms with E-state index in [0.29, 0.717) is 5.02 Å². The fourth-order valence-corrected chi connectivity index (χ4v) is 6.97. The van der Waals surface area contributed by atoms with Crippen LogP contribution in [0.1, 0.15) is 29.8 Å². The molecule has 0 fully saturated rings. The summed E-state index contributed by atoms with van der Waals surface area (Å²) < 4.78 is 63.4. The predicted molar refractivity (Wildman–Crippen MR) is 161 cm³/mol. The summed E-state index contributed by atoms with van der Waals surface area (Å²) in [6, 6.07) is 16.0. The number of halogens is 1. The second kappa shape index (κ2) is 12.6. The van der Waals surface area contributed by atoms with Crippen molar-refractivity contribution >= 4 is 43.2 Å². The van der Waals surface area contributed by atoms with Crippen LogP contribution in [0.15, 0.2) is 76.5 Å². The van der Waals surface area contributed by atoms with Gasteiger partial charge in [0.1, 0.15) is 6.10 Å². The zero-order valence-electron chi connectivity index (χ0n) is 23.7. The van der Waals surface area contributed by atoms with E-state index in [4.69, 9.17) is 16.3 Å². The van der Waals surface area contributed by atoms with Crippen LogP contribution in [-0.2, 0) is 20.0 Å². The Hall–Kier alpha value is -3.16. The molecule has 1 aliphatic rings. The lowest BCUT2D eigenvalue weighted by atomic mass is 9.99. The first-order valence-electron chi connectivity index (χ1n) is 13.3. The van der Waals surface area contributed by atoms with Crippen LogP contribution >= 0.6 is 11.6 Å². The Morgan fingerprint density at radius 2 is 1.67 bits per heavy atom. The van der Waals surface area contributed by atoms with E-state index >= 15 is 0 Å². The maximum absolute atomic E-state index is 13.7. The Bertz CT molecular complexity index is 1650. The number of ether oxygens (including phenoxy) is 1. The number of nitrogens with one attached hydrogen (secondary N) is 1. The Morgan fingerprint density at radius 1 is 1.05 bits per heavy atom. The van der Waals surface area contributed by atoms with Crippen molar-refractivity contribution in [3.63, 3.8) is 0 Å². The van der Waals surface area contributed by atoms with Crippen LogP contribution in [0.25, 0.3) is 0 Å². The number of aryl methyl sites for hydroxylation is 1. The quantitative estimate of drug-likeness (QED) is 0.363. The molecule has 0 unspecified atom stereocenters. The number of para-hydroxylation sites is 1. The first-order chi connectivity index (χ1) is 19.7. The van der Waals surface area contributed by atoms with E-state index in [0.717, 1.165) is 5.56 Å². The zero-order valence-corrected chi connectivity index (χ0v) is 26.1. The maximum atomic E-state index is 13.7. The van der Waals surface area contributed by atoms with Crippen molar-refractivity contribution in [2.24, 2.45) is 5.92 Å². The van der Waals surface area contributed by atoms with Crippen molar-refractivity contribution in [2.75, 3.05) is 31.5 Å². The van der Waals surface area contributed by atoms with Gasteiger partial charge in [0.15, 0.2) is 5.75 Å². The van der Waals surface area contributed by atoms with Crippen molar-refractivity contribution in [1.29, 1.82) is 0 Å². The minimum absolute atomic E-state index is 0.00977. The molecule has 2 N–H and O–H groups in total. The number of hydrogen-bond donors (Lipinski definition) is 2. The van der Waals surface area contributed by atoms with Crippen LogP contribution < -0.4 is 9.46 Å². The van der Waals surface area contributed by atoms with Gasteiger partial charge in [0, 0.05) is 24.5 Å². The van der Waals surface area contributed by atoms with Gasteiger partial charge in [-0.1, -0.05) is 42.3 Å². The average Bonchev–Trinajstić information content (AvgIpc) is 2.95. The van der Waals surface area contributed by atoms with E-state index in [-0.39, 0.29) is 46.5 Å². The van der Waals surface area contributed by atoms with E-state index in [9.17, 15) is 26.7 Å². The first kappa shape index (κ1) is 31.8. The SMILES string of the molecule is Cc1ccc(S(=O)(=O)N(C)C[C@@H]2Oc3c(NS(=O)(=O)c4ccc(Cl)cc4)cccc3C(=O)N([C@@H](C)CO)C[C@H]2C)cc1. The second-order valence-corrected chi connectivity index (χ2v) is 14.6. The Morgan fingerprint density at radius 3 is 2.29 bits per heavy atom. The lowest BCUT2D eigenvalue weighted by Crippen LogP contribution is -2.50. The number of anilines is 1. The monoisotopic (exact) mass is 635 g/mol. The number of amides is 1. The van der Waals surface area contributed by atoms with E-state index < -0.39 is 44.0 Å². The van der Waals surface area contributed by atoms with Crippen LogP contribution in [0.2, 0.25) is 5.02 Å². The van der Waals surface area contributed by atoms with Crippen molar-refractivity contribution < 1.29 is 31.5 Å². The van der Waals surface area contributed by atoms with Crippen LogP contribution in [0.3, 0.4) is 0 Å². The zero-order chi connectivity index (χ0) is 30.8. The van der Waals surface area contributed by atoms with Gasteiger partial charge in [-0.05, 0) is 62.4 Å². The van der Waals surface area contributed by atoms with Crippen LogP contribution in [-0.4, -0.2) is 75.9 Å². The molecule has 0 bridgehead atoms. The van der Waals surface area contributed by atoms with Gasteiger partial charge in [0.05, 0.1) is 40.2 Å². The number of aliphatic hydroxyl groups excluding tert-OH is 1. The Kier molecular flexibility index (Phi) is 9.53. The Balaban J connectivity index is 1.76. The highest BCUT2D eigenvalue weighted by atomic mass is 35.5. The largest absolute Gasteiger partial charge is 0.486 e. The number of carbonyl (C=O) groups is 1. The number of aliphatic hydroxyl groups is 1. The molecule has 1 aliphatic heterocycles. The molecule has 0 aliphatic carbocycles. The smallest absolute Gasteiger partial charge is 0.262 e. The topological polar surface area (TPSA) is 133 Å². The summed E-state index contributed by atoms with van der Waals surface area (Å²) >= 11 is 5.92. The molecular formula is C29H34ClN3O7S2. The van der Waals surface area contributed by atoms with Gasteiger partial charge in [-0.25, -0.2) is 16.8 Å². The fourth-order valence-electron chi connectivity index (χ4n) is 4.60. The van der Waals surface area contributed by atoms with E-state index in [1.807, 2.05) is 13.8 Å². The molecule has 226 valence electrons. The number of hydrogen-bond acceptors (Lipinski definition) is 7. The Labute approximate surface area is 252 Å². The third-order valence-corrected chi connectivity index (χ3v) is 10.7. The van der Waals surface area contributed by atoms with E-state index in [1.54, 1.807) is 19.1 Å². The predicted octanol–water partition coefficient (Wildman–Crippen LogP) is 3.99. The molecule has 0 saturated heterocycles. The molecular weight excluding hydrogens is 602 g/mol. The highest BCUT2D eigenvalue weighted by Gasteiger charge is 2.36. The third kappa shape index (κ3) is 6.73. The lowest BCUT2D eigenvalue weighted by Gasteiger charge is -2.38. The summed E-state index contributed by atoms with van der Waals surface area (Å²) in [5, 5.41) is 10.3. The number of sulfonamides is 2. The van der Waals surface area contributed by atoms with Gasteiger partial charge in [-0.15, -0.1) is 0 Å². The second-order valence-electron chi connectivity index (χ2n) is 10.5. The molecule has 13 heteroatoms. The molecule has 0 aromatic heterocycles. The van der Waals surface area contributed by atoms with E-state index in [2.05, 4.69) is 4.72 Å². The van der Waals surface area contributed by atoms with Crippen LogP contribution in [0.5, 0.6) is 5.75 Å². The molecule has 42 heavy (non-hydrogen) atoms. The molecule has 3 aromatic carbocycles. The number of carbonyl (C=O) groups excluding carboxylic acids is 1. The molecule has 1 amide bonds. The molecule has 0 spiro atoms. The maximum Gasteiger partial charge on any atom is 0.262 e. The van der Waals surface area contributed by atoms with Gasteiger partial charge in [-0.3, -0.25) is 9.52 Å². The third-order valence-electron chi connectivity index (χ3n) is 7.23. The summed E-state index contributed by atoms with van der Waals surface area (Å²) in [5.41, 5.74) is 1.00. The van der Waals surface area contributed by atoms with Crippen LogP contribution in [0, 0.1) is 12.8 Å². The van der Waals surface area contributed by atoms with Crippen molar-refractivity contribution in [2.45, 2.75) is 42.7 Å². The number of nitrogens with zero attached hydrogens (tertiary/aromatic N) is 2. The molecule has 10 nitrogen and oxygen atoms in total. The highest BCUT2D eigenvalue weighted by molar-refractivity contribution is 7.92. The summed E-state index contributed by atoms with van der Waals surface area (Å²) in [6.45, 7) is 5.15. The van der Waals surface area contributed by atoms with Crippen molar-refractivity contribution in [3.05, 3.63) is 82.9 Å². The number of benzene rings is 3. The van der Waals surface area contributed by atoms with Gasteiger partial charge in [0.25, 0.3) is 15.9 Å². The number of fused-ring (bicyclic) bond motifs is 1. The normalized spacial score (nSPS) is 18.5. The average molecular weight is 636 g/mol. The first-order valence-corrected chi connectivity index (χ1v) is 16.6. The summed E-state index contributed by atoms with van der Waals surface area (Å²) in [4.78, 5) is 15.3. The van der Waals surface area contributed by atoms with E-state index in [1.165, 1.54) is 70.9 Å². The number of likely N-dealkylation sites (N-methyl/N-ethyl adjacent to an activating group) is 1. The highest BCUT2D eigenvalue weighted by Crippen LogP contribution is 2.36. The molecule has 0 saturated carbocycles. The minimum atomic E-state index is -4.11. The molecule has 3 atom stereocenters.